The minimum atomic E-state index is -1.08. The largest absolute Gasteiger partial charge is 0.480 e. The fourth-order valence-corrected chi connectivity index (χ4v) is 5.18. The zero-order chi connectivity index (χ0) is 24.7. The average Bonchev–Trinajstić information content (AvgIpc) is 3.51. The van der Waals surface area contributed by atoms with Gasteiger partial charge in [-0.2, -0.15) is 11.8 Å². The van der Waals surface area contributed by atoms with Gasteiger partial charge in [0.25, 0.3) is 0 Å². The predicted octanol–water partition coefficient (Wildman–Crippen LogP) is 0.861. The van der Waals surface area contributed by atoms with Crippen molar-refractivity contribution in [1.82, 2.24) is 15.1 Å². The van der Waals surface area contributed by atoms with Crippen LogP contribution in [0.5, 0.6) is 0 Å². The van der Waals surface area contributed by atoms with Crippen LogP contribution in [0.15, 0.2) is 30.3 Å². The van der Waals surface area contributed by atoms with E-state index in [1.165, 1.54) is 16.7 Å². The van der Waals surface area contributed by atoms with E-state index in [0.717, 1.165) is 5.56 Å². The first-order chi connectivity index (χ1) is 16.3. The summed E-state index contributed by atoms with van der Waals surface area (Å²) in [7, 11) is 0. The Morgan fingerprint density at radius 3 is 2.38 bits per heavy atom. The summed E-state index contributed by atoms with van der Waals surface area (Å²) in [5.41, 5.74) is 7.16. The molecule has 1 aromatic carbocycles. The van der Waals surface area contributed by atoms with Crippen molar-refractivity contribution in [2.75, 3.05) is 25.1 Å². The van der Waals surface area contributed by atoms with Crippen molar-refractivity contribution in [3.05, 3.63) is 35.9 Å². The van der Waals surface area contributed by atoms with Gasteiger partial charge < -0.3 is 26.0 Å². The molecule has 0 radical (unpaired) electrons. The lowest BCUT2D eigenvalue weighted by Crippen LogP contribution is -2.56. The molecule has 10 heteroatoms. The number of carbonyl (C=O) groups is 4. The molecule has 3 rings (SSSR count). The summed E-state index contributed by atoms with van der Waals surface area (Å²) in [6.07, 6.45) is 4.92. The van der Waals surface area contributed by atoms with E-state index in [4.69, 9.17) is 5.73 Å². The zero-order valence-electron chi connectivity index (χ0n) is 19.5. The molecule has 2 aliphatic heterocycles. The highest BCUT2D eigenvalue weighted by molar-refractivity contribution is 7.98. The van der Waals surface area contributed by atoms with Crippen LogP contribution in [0.1, 0.15) is 37.7 Å². The number of aliphatic carboxylic acids is 1. The molecule has 0 bridgehead atoms. The van der Waals surface area contributed by atoms with Gasteiger partial charge in [-0.1, -0.05) is 30.3 Å². The number of likely N-dealkylation sites (tertiary alicyclic amines) is 2. The second kappa shape index (κ2) is 12.2. The Labute approximate surface area is 204 Å². The first-order valence-electron chi connectivity index (χ1n) is 11.8. The quantitative estimate of drug-likeness (QED) is 0.443. The molecule has 2 fully saturated rings. The van der Waals surface area contributed by atoms with Crippen LogP contribution in [0, 0.1) is 0 Å². The Morgan fingerprint density at radius 2 is 1.74 bits per heavy atom. The normalized spacial score (nSPS) is 21.8. The third kappa shape index (κ3) is 6.29. The third-order valence-corrected chi connectivity index (χ3v) is 7.14. The highest BCUT2D eigenvalue weighted by Gasteiger charge is 2.43. The molecule has 2 aliphatic rings. The van der Waals surface area contributed by atoms with Gasteiger partial charge in [0.05, 0.1) is 6.04 Å². The Morgan fingerprint density at radius 1 is 1.09 bits per heavy atom. The van der Waals surface area contributed by atoms with Crippen molar-refractivity contribution < 1.29 is 24.3 Å². The van der Waals surface area contributed by atoms with E-state index in [2.05, 4.69) is 5.32 Å². The number of nitrogens with zero attached hydrogens (tertiary/aromatic N) is 2. The van der Waals surface area contributed by atoms with Crippen LogP contribution in [0.4, 0.5) is 0 Å². The number of carboxylic acid groups (broad SMARTS) is 1. The van der Waals surface area contributed by atoms with Gasteiger partial charge in [-0.05, 0) is 56.1 Å². The maximum absolute atomic E-state index is 13.4. The van der Waals surface area contributed by atoms with Crippen molar-refractivity contribution in [3.8, 4) is 0 Å². The lowest BCUT2D eigenvalue weighted by Gasteiger charge is -2.32. The van der Waals surface area contributed by atoms with Gasteiger partial charge >= 0.3 is 5.97 Å². The molecular weight excluding hydrogens is 456 g/mol. The number of nitrogens with two attached hydrogens (primary N) is 1. The van der Waals surface area contributed by atoms with Crippen LogP contribution in [0.3, 0.4) is 0 Å². The third-order valence-electron chi connectivity index (χ3n) is 6.50. The first-order valence-corrected chi connectivity index (χ1v) is 13.2. The molecule has 1 aromatic rings. The molecule has 9 nitrogen and oxygen atoms in total. The summed E-state index contributed by atoms with van der Waals surface area (Å²) in [5.74, 6) is -1.45. The molecule has 34 heavy (non-hydrogen) atoms. The van der Waals surface area contributed by atoms with Gasteiger partial charge in [0.2, 0.25) is 17.7 Å². The van der Waals surface area contributed by atoms with E-state index in [0.29, 0.717) is 57.4 Å². The van der Waals surface area contributed by atoms with E-state index >= 15 is 0 Å². The topological polar surface area (TPSA) is 133 Å². The summed E-state index contributed by atoms with van der Waals surface area (Å²) in [6, 6.07) is 6.41. The maximum Gasteiger partial charge on any atom is 0.326 e. The number of amides is 3. The Kier molecular flexibility index (Phi) is 9.35. The summed E-state index contributed by atoms with van der Waals surface area (Å²) in [6.45, 7) is 0.867. The summed E-state index contributed by atoms with van der Waals surface area (Å²) in [4.78, 5) is 54.1. The van der Waals surface area contributed by atoms with Crippen LogP contribution in [0.2, 0.25) is 0 Å². The monoisotopic (exact) mass is 490 g/mol. The van der Waals surface area contributed by atoms with E-state index < -0.39 is 36.0 Å². The number of carboxylic acids is 1. The number of rotatable bonds is 10. The number of carbonyl (C=O) groups excluding carboxylic acids is 3. The van der Waals surface area contributed by atoms with Gasteiger partial charge in [0.15, 0.2) is 0 Å². The molecule has 0 aliphatic carbocycles. The highest BCUT2D eigenvalue weighted by atomic mass is 32.2. The summed E-state index contributed by atoms with van der Waals surface area (Å²) in [5, 5.41) is 12.0. The fraction of sp³-hybridized carbons (Fsp3) is 0.583. The molecule has 2 heterocycles. The molecule has 0 saturated carbocycles. The molecule has 3 amide bonds. The average molecular weight is 491 g/mol. The van der Waals surface area contributed by atoms with Crippen LogP contribution in [-0.4, -0.2) is 87.9 Å². The molecule has 0 aromatic heterocycles. The van der Waals surface area contributed by atoms with E-state index in [1.54, 1.807) is 4.90 Å². The van der Waals surface area contributed by atoms with Crippen molar-refractivity contribution in [2.45, 2.75) is 62.7 Å². The SMILES string of the molecule is CSCCC(NC(=O)C1CCCN1C(=O)C1CCCN1C(=O)C(N)Cc1ccccc1)C(=O)O. The van der Waals surface area contributed by atoms with Crippen molar-refractivity contribution in [2.24, 2.45) is 5.73 Å². The van der Waals surface area contributed by atoms with E-state index in [1.807, 2.05) is 36.6 Å². The number of benzene rings is 1. The smallest absolute Gasteiger partial charge is 0.326 e. The molecule has 4 N–H and O–H groups in total. The number of thioether (sulfide) groups is 1. The van der Waals surface area contributed by atoms with Crippen LogP contribution in [-0.2, 0) is 25.6 Å². The second-order valence-corrected chi connectivity index (χ2v) is 9.84. The molecule has 4 atom stereocenters. The molecule has 4 unspecified atom stereocenters. The van der Waals surface area contributed by atoms with E-state index in [9.17, 15) is 24.3 Å². The lowest BCUT2D eigenvalue weighted by atomic mass is 10.0. The summed E-state index contributed by atoms with van der Waals surface area (Å²) >= 11 is 1.51. The van der Waals surface area contributed by atoms with Gasteiger partial charge in [-0.15, -0.1) is 0 Å². The van der Waals surface area contributed by atoms with E-state index in [-0.39, 0.29) is 11.8 Å². The Hall–Kier alpha value is -2.59. The molecular formula is C24H34N4O5S. The standard InChI is InChI=1S/C24H34N4O5S/c1-34-14-11-18(24(32)33)26-21(29)19-9-5-12-27(19)23(31)20-10-6-13-28(20)22(30)17(25)15-16-7-3-2-4-8-16/h2-4,7-8,17-20H,5-6,9-15,25H2,1H3,(H,26,29)(H,32,33). The number of hydrogen-bond acceptors (Lipinski definition) is 6. The van der Waals surface area contributed by atoms with Crippen molar-refractivity contribution in [1.29, 1.82) is 0 Å². The first kappa shape index (κ1) is 26.0. The Balaban J connectivity index is 1.65. The van der Waals surface area contributed by atoms with Crippen LogP contribution >= 0.6 is 11.8 Å². The number of hydrogen-bond donors (Lipinski definition) is 3. The van der Waals surface area contributed by atoms with Gasteiger partial charge in [0.1, 0.15) is 18.1 Å². The van der Waals surface area contributed by atoms with Crippen LogP contribution < -0.4 is 11.1 Å². The van der Waals surface area contributed by atoms with Crippen molar-refractivity contribution >= 4 is 35.5 Å². The fourth-order valence-electron chi connectivity index (χ4n) is 4.71. The number of nitrogens with one attached hydrogen (secondary N) is 1. The summed E-state index contributed by atoms with van der Waals surface area (Å²) < 4.78 is 0. The van der Waals surface area contributed by atoms with Gasteiger partial charge in [0, 0.05) is 13.1 Å². The predicted molar refractivity (Wildman–Crippen MR) is 130 cm³/mol. The minimum Gasteiger partial charge on any atom is -0.480 e. The molecule has 2 saturated heterocycles. The Bertz CT molecular complexity index is 883. The molecule has 0 spiro atoms. The van der Waals surface area contributed by atoms with Crippen LogP contribution in [0.25, 0.3) is 0 Å². The minimum absolute atomic E-state index is 0.258. The lowest BCUT2D eigenvalue weighted by molar-refractivity contribution is -0.148. The highest BCUT2D eigenvalue weighted by Crippen LogP contribution is 2.26. The zero-order valence-corrected chi connectivity index (χ0v) is 20.3. The maximum atomic E-state index is 13.4. The second-order valence-electron chi connectivity index (χ2n) is 8.86. The van der Waals surface area contributed by atoms with Gasteiger partial charge in [-0.3, -0.25) is 14.4 Å². The van der Waals surface area contributed by atoms with Crippen molar-refractivity contribution in [3.63, 3.8) is 0 Å². The molecule has 186 valence electrons. The van der Waals surface area contributed by atoms with Gasteiger partial charge in [-0.25, -0.2) is 4.79 Å².